The van der Waals surface area contributed by atoms with Crippen molar-refractivity contribution in [3.8, 4) is 0 Å². The van der Waals surface area contributed by atoms with Gasteiger partial charge in [-0.3, -0.25) is 4.98 Å². The van der Waals surface area contributed by atoms with E-state index in [9.17, 15) is 0 Å². The number of nitrogens with zero attached hydrogens (tertiary/aromatic N) is 4. The van der Waals surface area contributed by atoms with Crippen molar-refractivity contribution in [3.05, 3.63) is 36.0 Å². The predicted octanol–water partition coefficient (Wildman–Crippen LogP) is 1.84. The Balaban J connectivity index is 2.05. The molecule has 0 aliphatic carbocycles. The van der Waals surface area contributed by atoms with E-state index < -0.39 is 0 Å². The van der Waals surface area contributed by atoms with E-state index in [-0.39, 0.29) is 5.88 Å². The fourth-order valence-electron chi connectivity index (χ4n) is 1.29. The molecule has 0 unspecified atom stereocenters. The average Bonchev–Trinajstić information content (AvgIpc) is 2.79. The van der Waals surface area contributed by atoms with Gasteiger partial charge in [0.15, 0.2) is 0 Å². The molecule has 0 fully saturated rings. The Labute approximate surface area is 98.1 Å². The summed E-state index contributed by atoms with van der Waals surface area (Å²) in [7, 11) is 1.87. The Bertz CT molecular complexity index is 445. The SMILES string of the molecule is CN(Cc1cccnc1)c1nnc(CCl)o1. The zero-order chi connectivity index (χ0) is 11.4. The van der Waals surface area contributed by atoms with Crippen molar-refractivity contribution in [2.75, 3.05) is 11.9 Å². The second-order valence-corrected chi connectivity index (χ2v) is 3.60. The van der Waals surface area contributed by atoms with Crippen LogP contribution in [-0.2, 0) is 12.4 Å². The number of alkyl halides is 1. The Morgan fingerprint density at radius 1 is 1.44 bits per heavy atom. The Kier molecular flexibility index (Phi) is 3.36. The Morgan fingerprint density at radius 3 is 2.94 bits per heavy atom. The monoisotopic (exact) mass is 238 g/mol. The molecule has 2 aromatic heterocycles. The molecule has 2 rings (SSSR count). The maximum atomic E-state index is 5.58. The summed E-state index contributed by atoms with van der Waals surface area (Å²) >= 11 is 5.58. The molecule has 0 aromatic carbocycles. The van der Waals surface area contributed by atoms with Crippen LogP contribution in [-0.4, -0.2) is 22.2 Å². The van der Waals surface area contributed by atoms with Gasteiger partial charge < -0.3 is 9.32 Å². The van der Waals surface area contributed by atoms with Crippen molar-refractivity contribution in [1.82, 2.24) is 15.2 Å². The van der Waals surface area contributed by atoms with Crippen molar-refractivity contribution in [1.29, 1.82) is 0 Å². The summed E-state index contributed by atoms with van der Waals surface area (Å²) < 4.78 is 5.32. The summed E-state index contributed by atoms with van der Waals surface area (Å²) in [5, 5.41) is 7.68. The summed E-state index contributed by atoms with van der Waals surface area (Å²) in [6.07, 6.45) is 3.54. The number of halogens is 1. The third kappa shape index (κ3) is 2.49. The van der Waals surface area contributed by atoms with E-state index in [0.717, 1.165) is 5.56 Å². The third-order valence-corrected chi connectivity index (χ3v) is 2.27. The van der Waals surface area contributed by atoms with E-state index in [1.807, 2.05) is 24.1 Å². The maximum absolute atomic E-state index is 5.58. The molecule has 6 heteroatoms. The molecule has 0 aliphatic heterocycles. The summed E-state index contributed by atoms with van der Waals surface area (Å²) in [5.74, 6) is 0.656. The minimum atomic E-state index is 0.230. The van der Waals surface area contributed by atoms with Crippen LogP contribution in [0.3, 0.4) is 0 Å². The highest BCUT2D eigenvalue weighted by Gasteiger charge is 2.10. The minimum Gasteiger partial charge on any atom is -0.407 e. The lowest BCUT2D eigenvalue weighted by atomic mass is 10.3. The molecule has 0 atom stereocenters. The highest BCUT2D eigenvalue weighted by Crippen LogP contribution is 2.14. The zero-order valence-electron chi connectivity index (χ0n) is 8.80. The van der Waals surface area contributed by atoms with Crippen LogP contribution < -0.4 is 4.90 Å². The highest BCUT2D eigenvalue weighted by atomic mass is 35.5. The van der Waals surface area contributed by atoms with Crippen LogP contribution in [0.25, 0.3) is 0 Å². The summed E-state index contributed by atoms with van der Waals surface area (Å²) in [4.78, 5) is 5.89. The first kappa shape index (κ1) is 10.9. The van der Waals surface area contributed by atoms with Crippen molar-refractivity contribution in [2.45, 2.75) is 12.4 Å². The normalized spacial score (nSPS) is 10.4. The minimum absolute atomic E-state index is 0.230. The fourth-order valence-corrected chi connectivity index (χ4v) is 1.39. The van der Waals surface area contributed by atoms with Gasteiger partial charge in [0.25, 0.3) is 0 Å². The van der Waals surface area contributed by atoms with Crippen LogP contribution in [0.4, 0.5) is 6.01 Å². The van der Waals surface area contributed by atoms with E-state index in [2.05, 4.69) is 15.2 Å². The van der Waals surface area contributed by atoms with Crippen molar-refractivity contribution >= 4 is 17.6 Å². The second-order valence-electron chi connectivity index (χ2n) is 3.33. The molecule has 84 valence electrons. The van der Waals surface area contributed by atoms with Crippen LogP contribution >= 0.6 is 11.6 Å². The average molecular weight is 239 g/mol. The standard InChI is InChI=1S/C10H11ClN4O/c1-15(7-8-3-2-4-12-6-8)10-14-13-9(5-11)16-10/h2-4,6H,5,7H2,1H3. The summed E-state index contributed by atoms with van der Waals surface area (Å²) in [6.45, 7) is 0.664. The van der Waals surface area contributed by atoms with Crippen LogP contribution in [0.5, 0.6) is 0 Å². The van der Waals surface area contributed by atoms with Crippen molar-refractivity contribution in [2.24, 2.45) is 0 Å². The molecule has 16 heavy (non-hydrogen) atoms. The molecule has 2 heterocycles. The van der Waals surface area contributed by atoms with Crippen LogP contribution in [0.15, 0.2) is 28.9 Å². The molecule has 0 radical (unpaired) electrons. The number of hydrogen-bond acceptors (Lipinski definition) is 5. The number of pyridine rings is 1. The summed E-state index contributed by atoms with van der Waals surface area (Å²) in [6, 6.07) is 4.34. The highest BCUT2D eigenvalue weighted by molar-refractivity contribution is 6.16. The number of rotatable bonds is 4. The van der Waals surface area contributed by atoms with Gasteiger partial charge in [-0.1, -0.05) is 11.2 Å². The number of anilines is 1. The van der Waals surface area contributed by atoms with E-state index in [1.54, 1.807) is 12.4 Å². The first-order chi connectivity index (χ1) is 7.79. The first-order valence-corrected chi connectivity index (χ1v) is 5.31. The number of aromatic nitrogens is 3. The van der Waals surface area contributed by atoms with E-state index >= 15 is 0 Å². The van der Waals surface area contributed by atoms with Gasteiger partial charge in [0.05, 0.1) is 0 Å². The third-order valence-electron chi connectivity index (χ3n) is 2.04. The van der Waals surface area contributed by atoms with E-state index in [4.69, 9.17) is 16.0 Å². The van der Waals surface area contributed by atoms with Gasteiger partial charge in [0.1, 0.15) is 5.88 Å². The van der Waals surface area contributed by atoms with Gasteiger partial charge in [-0.15, -0.1) is 16.7 Å². The lowest BCUT2D eigenvalue weighted by Crippen LogP contribution is -2.16. The van der Waals surface area contributed by atoms with Gasteiger partial charge in [0.2, 0.25) is 5.89 Å². The van der Waals surface area contributed by atoms with Gasteiger partial charge in [-0.05, 0) is 11.6 Å². The van der Waals surface area contributed by atoms with Crippen molar-refractivity contribution < 1.29 is 4.42 Å². The van der Waals surface area contributed by atoms with Gasteiger partial charge in [-0.25, -0.2) is 0 Å². The lowest BCUT2D eigenvalue weighted by Gasteiger charge is -2.12. The Morgan fingerprint density at radius 2 is 2.31 bits per heavy atom. The molecule has 0 bridgehead atoms. The smallest absolute Gasteiger partial charge is 0.318 e. The van der Waals surface area contributed by atoms with E-state index in [0.29, 0.717) is 18.5 Å². The van der Waals surface area contributed by atoms with Crippen molar-refractivity contribution in [3.63, 3.8) is 0 Å². The molecule has 2 aromatic rings. The molecule has 0 amide bonds. The van der Waals surface area contributed by atoms with Gasteiger partial charge >= 0.3 is 6.01 Å². The molecule has 5 nitrogen and oxygen atoms in total. The molecular formula is C10H11ClN4O. The first-order valence-electron chi connectivity index (χ1n) is 4.78. The fraction of sp³-hybridized carbons (Fsp3) is 0.300. The molecule has 0 aliphatic rings. The topological polar surface area (TPSA) is 55.1 Å². The Hall–Kier alpha value is -1.62. The van der Waals surface area contributed by atoms with Crippen LogP contribution in [0.2, 0.25) is 0 Å². The van der Waals surface area contributed by atoms with Crippen LogP contribution in [0, 0.1) is 0 Å². The quantitative estimate of drug-likeness (QED) is 0.761. The van der Waals surface area contributed by atoms with E-state index in [1.165, 1.54) is 0 Å². The molecule has 0 spiro atoms. The second kappa shape index (κ2) is 4.94. The predicted molar refractivity (Wildman–Crippen MR) is 60.2 cm³/mol. The van der Waals surface area contributed by atoms with Crippen LogP contribution in [0.1, 0.15) is 11.5 Å². The molecule has 0 saturated heterocycles. The summed E-state index contributed by atoms with van der Waals surface area (Å²) in [5.41, 5.74) is 1.08. The van der Waals surface area contributed by atoms with Gasteiger partial charge in [-0.2, -0.15) is 0 Å². The maximum Gasteiger partial charge on any atom is 0.318 e. The lowest BCUT2D eigenvalue weighted by molar-refractivity contribution is 0.506. The molecule has 0 saturated carbocycles. The zero-order valence-corrected chi connectivity index (χ0v) is 9.55. The molecule has 0 N–H and O–H groups in total. The van der Waals surface area contributed by atoms with Gasteiger partial charge in [0, 0.05) is 26.0 Å². The largest absolute Gasteiger partial charge is 0.407 e. The molecular weight excluding hydrogens is 228 g/mol. The number of hydrogen-bond donors (Lipinski definition) is 0.